The summed E-state index contributed by atoms with van der Waals surface area (Å²) in [5.41, 5.74) is 0. The quantitative estimate of drug-likeness (QED) is 0.729. The summed E-state index contributed by atoms with van der Waals surface area (Å²) in [5.74, 6) is 0.776. The number of nitrogens with one attached hydrogen (secondary N) is 1. The second-order valence-electron chi connectivity index (χ2n) is 2.61. The fourth-order valence-electron chi connectivity index (χ4n) is 1.01. The lowest BCUT2D eigenvalue weighted by Crippen LogP contribution is -2.23. The van der Waals surface area contributed by atoms with Gasteiger partial charge < -0.3 is 10.1 Å². The van der Waals surface area contributed by atoms with Crippen molar-refractivity contribution in [3.63, 3.8) is 0 Å². The Morgan fingerprint density at radius 1 is 1.46 bits per heavy atom. The van der Waals surface area contributed by atoms with Crippen LogP contribution >= 0.6 is 0 Å². The summed E-state index contributed by atoms with van der Waals surface area (Å²) in [6.45, 7) is 3.29. The van der Waals surface area contributed by atoms with Crippen molar-refractivity contribution in [2.24, 2.45) is 0 Å². The first kappa shape index (κ1) is 10.1. The van der Waals surface area contributed by atoms with Crippen molar-refractivity contribution in [2.75, 3.05) is 20.3 Å². The Labute approximate surface area is 78.4 Å². The van der Waals surface area contributed by atoms with Crippen LogP contribution in [0.5, 0.6) is 0 Å². The first-order valence-electron chi connectivity index (χ1n) is 4.40. The van der Waals surface area contributed by atoms with Crippen molar-refractivity contribution < 1.29 is 4.74 Å². The molecular weight excluding hydrogens is 166 g/mol. The third-order valence-corrected chi connectivity index (χ3v) is 1.73. The van der Waals surface area contributed by atoms with Gasteiger partial charge in [0.05, 0.1) is 12.6 Å². The Bertz CT molecular complexity index is 228. The van der Waals surface area contributed by atoms with Crippen molar-refractivity contribution >= 4 is 0 Å². The van der Waals surface area contributed by atoms with Crippen LogP contribution in [0.25, 0.3) is 0 Å². The van der Waals surface area contributed by atoms with Gasteiger partial charge in [-0.15, -0.1) is 0 Å². The first-order valence-corrected chi connectivity index (χ1v) is 4.40. The third kappa shape index (κ3) is 3.08. The van der Waals surface area contributed by atoms with Gasteiger partial charge in [-0.3, -0.25) is 0 Å². The molecule has 1 aromatic rings. The highest BCUT2D eigenvalue weighted by molar-refractivity contribution is 4.95. The lowest BCUT2D eigenvalue weighted by Gasteiger charge is -2.13. The van der Waals surface area contributed by atoms with Gasteiger partial charge in [-0.05, 0) is 20.0 Å². The summed E-state index contributed by atoms with van der Waals surface area (Å²) >= 11 is 0. The van der Waals surface area contributed by atoms with E-state index in [-0.39, 0.29) is 6.04 Å². The molecule has 1 atom stereocenters. The minimum absolute atomic E-state index is 0.0844. The van der Waals surface area contributed by atoms with Crippen LogP contribution in [0.4, 0.5) is 0 Å². The van der Waals surface area contributed by atoms with E-state index in [9.17, 15) is 0 Å². The third-order valence-electron chi connectivity index (χ3n) is 1.73. The van der Waals surface area contributed by atoms with Crippen LogP contribution in [0, 0.1) is 0 Å². The summed E-state index contributed by atoms with van der Waals surface area (Å²) in [6.07, 6.45) is 3.47. The maximum Gasteiger partial charge on any atom is 0.147 e. The van der Waals surface area contributed by atoms with Gasteiger partial charge in [0.15, 0.2) is 0 Å². The molecule has 0 aliphatic rings. The molecular formula is C9H15N3O. The fourth-order valence-corrected chi connectivity index (χ4v) is 1.01. The molecule has 0 aromatic carbocycles. The van der Waals surface area contributed by atoms with Gasteiger partial charge in [-0.2, -0.15) is 0 Å². The summed E-state index contributed by atoms with van der Waals surface area (Å²) in [5, 5.41) is 3.10. The monoisotopic (exact) mass is 181 g/mol. The first-order chi connectivity index (χ1) is 6.38. The molecule has 4 heteroatoms. The molecule has 13 heavy (non-hydrogen) atoms. The molecule has 0 radical (unpaired) electrons. The number of ether oxygens (including phenoxy) is 1. The van der Waals surface area contributed by atoms with Crippen LogP contribution in [0.2, 0.25) is 0 Å². The normalized spacial score (nSPS) is 12.8. The zero-order chi connectivity index (χ0) is 9.52. The summed E-state index contributed by atoms with van der Waals surface area (Å²) in [4.78, 5) is 8.30. The average molecular weight is 181 g/mol. The predicted molar refractivity (Wildman–Crippen MR) is 50.3 cm³/mol. The van der Waals surface area contributed by atoms with Crippen LogP contribution in [0.3, 0.4) is 0 Å². The highest BCUT2D eigenvalue weighted by Crippen LogP contribution is 2.05. The Morgan fingerprint density at radius 3 is 2.69 bits per heavy atom. The number of likely N-dealkylation sites (N-methyl/N-ethyl adjacent to an activating group) is 1. The van der Waals surface area contributed by atoms with Crippen LogP contribution < -0.4 is 5.32 Å². The number of rotatable bonds is 5. The molecule has 0 aliphatic heterocycles. The largest absolute Gasteiger partial charge is 0.380 e. The van der Waals surface area contributed by atoms with E-state index >= 15 is 0 Å². The SMILES string of the molecule is CCOCC(NC)c1ncccn1. The minimum Gasteiger partial charge on any atom is -0.380 e. The van der Waals surface area contributed by atoms with Crippen LogP contribution in [-0.2, 0) is 4.74 Å². The molecule has 1 rings (SSSR count). The molecule has 0 saturated heterocycles. The highest BCUT2D eigenvalue weighted by atomic mass is 16.5. The van der Waals surface area contributed by atoms with Crippen molar-refractivity contribution in [1.29, 1.82) is 0 Å². The Hall–Kier alpha value is -1.00. The van der Waals surface area contributed by atoms with Crippen molar-refractivity contribution in [3.05, 3.63) is 24.3 Å². The zero-order valence-corrected chi connectivity index (χ0v) is 8.03. The second-order valence-corrected chi connectivity index (χ2v) is 2.61. The molecule has 1 unspecified atom stereocenters. The van der Waals surface area contributed by atoms with E-state index in [4.69, 9.17) is 4.74 Å². The zero-order valence-electron chi connectivity index (χ0n) is 8.03. The molecule has 72 valence electrons. The molecule has 0 saturated carbocycles. The Kier molecular flexibility index (Phi) is 4.35. The van der Waals surface area contributed by atoms with Crippen molar-refractivity contribution in [3.8, 4) is 0 Å². The fraction of sp³-hybridized carbons (Fsp3) is 0.556. The molecule has 0 amide bonds. The molecule has 4 nitrogen and oxygen atoms in total. The van der Waals surface area contributed by atoms with E-state index < -0.39 is 0 Å². The van der Waals surface area contributed by atoms with E-state index in [1.54, 1.807) is 18.5 Å². The molecule has 0 spiro atoms. The Morgan fingerprint density at radius 2 is 2.15 bits per heavy atom. The van der Waals surface area contributed by atoms with Gasteiger partial charge in [0.2, 0.25) is 0 Å². The van der Waals surface area contributed by atoms with Gasteiger partial charge in [0, 0.05) is 19.0 Å². The average Bonchev–Trinajstić information content (AvgIpc) is 2.21. The molecule has 1 N–H and O–H groups in total. The maximum atomic E-state index is 5.30. The van der Waals surface area contributed by atoms with Crippen LogP contribution in [0.15, 0.2) is 18.5 Å². The van der Waals surface area contributed by atoms with Gasteiger partial charge in [-0.1, -0.05) is 0 Å². The van der Waals surface area contributed by atoms with E-state index in [0.717, 1.165) is 5.82 Å². The van der Waals surface area contributed by atoms with E-state index in [0.29, 0.717) is 13.2 Å². The maximum absolute atomic E-state index is 5.30. The molecule has 0 fully saturated rings. The van der Waals surface area contributed by atoms with Crippen molar-refractivity contribution in [1.82, 2.24) is 15.3 Å². The lowest BCUT2D eigenvalue weighted by atomic mass is 10.3. The predicted octanol–water partition coefficient (Wildman–Crippen LogP) is 0.774. The summed E-state index contributed by atoms with van der Waals surface area (Å²) in [7, 11) is 1.88. The van der Waals surface area contributed by atoms with Gasteiger partial charge in [-0.25, -0.2) is 9.97 Å². The number of hydrogen-bond donors (Lipinski definition) is 1. The lowest BCUT2D eigenvalue weighted by molar-refractivity contribution is 0.123. The van der Waals surface area contributed by atoms with E-state index in [1.165, 1.54) is 0 Å². The topological polar surface area (TPSA) is 47.0 Å². The Balaban J connectivity index is 2.56. The molecule has 1 aromatic heterocycles. The molecule has 1 heterocycles. The van der Waals surface area contributed by atoms with E-state index in [2.05, 4.69) is 15.3 Å². The summed E-state index contributed by atoms with van der Waals surface area (Å²) in [6, 6.07) is 1.89. The summed E-state index contributed by atoms with van der Waals surface area (Å²) < 4.78 is 5.30. The standard InChI is InChI=1S/C9H15N3O/c1-3-13-7-8(10-2)9-11-5-4-6-12-9/h4-6,8,10H,3,7H2,1-2H3. The van der Waals surface area contributed by atoms with Gasteiger partial charge in [0.25, 0.3) is 0 Å². The van der Waals surface area contributed by atoms with Crippen LogP contribution in [-0.4, -0.2) is 30.2 Å². The van der Waals surface area contributed by atoms with Crippen molar-refractivity contribution in [2.45, 2.75) is 13.0 Å². The van der Waals surface area contributed by atoms with Gasteiger partial charge >= 0.3 is 0 Å². The highest BCUT2D eigenvalue weighted by Gasteiger charge is 2.10. The molecule has 0 bridgehead atoms. The number of aromatic nitrogens is 2. The smallest absolute Gasteiger partial charge is 0.147 e. The molecule has 0 aliphatic carbocycles. The van der Waals surface area contributed by atoms with Gasteiger partial charge in [0.1, 0.15) is 5.82 Å². The number of hydrogen-bond acceptors (Lipinski definition) is 4. The van der Waals surface area contributed by atoms with Crippen LogP contribution in [0.1, 0.15) is 18.8 Å². The minimum atomic E-state index is 0.0844. The second kappa shape index (κ2) is 5.61. The number of nitrogens with zero attached hydrogens (tertiary/aromatic N) is 2. The van der Waals surface area contributed by atoms with E-state index in [1.807, 2.05) is 14.0 Å².